The Balaban J connectivity index is 1.94. The molecule has 146 valence electrons. The number of unbranched alkanes of at least 4 members (excludes halogenated alkanes) is 2. The maximum atomic E-state index is 12.5. The first kappa shape index (κ1) is 20.9. The molecule has 1 heterocycles. The van der Waals surface area contributed by atoms with Crippen molar-refractivity contribution in [2.75, 3.05) is 18.8 Å². The van der Waals surface area contributed by atoms with E-state index in [4.69, 9.17) is 4.42 Å². The monoisotopic (exact) mass is 392 g/mol. The minimum Gasteiger partial charge on any atom is -0.411 e. The second-order valence-electron chi connectivity index (χ2n) is 6.05. The minimum atomic E-state index is -0.465. The molecule has 0 saturated carbocycles. The fourth-order valence-electron chi connectivity index (χ4n) is 2.38. The van der Waals surface area contributed by atoms with Crippen molar-refractivity contribution in [3.8, 4) is 11.5 Å². The zero-order chi connectivity index (χ0) is 19.6. The number of non-ortho nitro benzene ring substituents is 1. The van der Waals surface area contributed by atoms with E-state index in [0.29, 0.717) is 10.8 Å². The number of hydrogen-bond acceptors (Lipinski definition) is 7. The number of thioether (sulfide) groups is 1. The molecule has 0 atom stereocenters. The van der Waals surface area contributed by atoms with E-state index in [2.05, 4.69) is 24.0 Å². The number of nitrogens with zero attached hydrogens (tertiary/aromatic N) is 4. The van der Waals surface area contributed by atoms with Crippen LogP contribution in [0.3, 0.4) is 0 Å². The van der Waals surface area contributed by atoms with Crippen molar-refractivity contribution in [3.63, 3.8) is 0 Å². The summed E-state index contributed by atoms with van der Waals surface area (Å²) in [6, 6.07) is 5.88. The Morgan fingerprint density at radius 3 is 2.33 bits per heavy atom. The quantitative estimate of drug-likeness (QED) is 0.321. The normalized spacial score (nSPS) is 10.7. The van der Waals surface area contributed by atoms with Crippen LogP contribution < -0.4 is 0 Å². The van der Waals surface area contributed by atoms with Gasteiger partial charge in [-0.3, -0.25) is 14.9 Å². The predicted molar refractivity (Wildman–Crippen MR) is 104 cm³/mol. The number of carbonyl (C=O) groups excluding carboxylic acids is 1. The minimum absolute atomic E-state index is 0.00212. The van der Waals surface area contributed by atoms with Crippen LogP contribution in [0.1, 0.15) is 39.5 Å². The van der Waals surface area contributed by atoms with Gasteiger partial charge in [0, 0.05) is 30.8 Å². The molecule has 1 aromatic carbocycles. The molecule has 0 unspecified atom stereocenters. The first-order valence-corrected chi connectivity index (χ1v) is 10.0. The largest absolute Gasteiger partial charge is 0.411 e. The van der Waals surface area contributed by atoms with Gasteiger partial charge in [-0.05, 0) is 25.0 Å². The van der Waals surface area contributed by atoms with Gasteiger partial charge >= 0.3 is 0 Å². The number of benzene rings is 1. The number of nitro benzene ring substituents is 1. The summed E-state index contributed by atoms with van der Waals surface area (Å²) in [6.45, 7) is 5.76. The topological polar surface area (TPSA) is 102 Å². The van der Waals surface area contributed by atoms with Crippen LogP contribution in [0, 0.1) is 10.1 Å². The molecule has 2 rings (SSSR count). The van der Waals surface area contributed by atoms with Crippen LogP contribution in [0.5, 0.6) is 0 Å². The lowest BCUT2D eigenvalue weighted by molar-refractivity contribution is -0.384. The van der Waals surface area contributed by atoms with Gasteiger partial charge in [-0.25, -0.2) is 0 Å². The lowest BCUT2D eigenvalue weighted by Crippen LogP contribution is -2.34. The molecule has 1 amide bonds. The van der Waals surface area contributed by atoms with Crippen LogP contribution in [0.4, 0.5) is 5.69 Å². The number of nitro groups is 1. The number of hydrogen-bond donors (Lipinski definition) is 0. The third-order valence-electron chi connectivity index (χ3n) is 3.97. The van der Waals surface area contributed by atoms with Gasteiger partial charge in [-0.2, -0.15) is 0 Å². The van der Waals surface area contributed by atoms with Crippen LogP contribution >= 0.6 is 11.8 Å². The Hall–Kier alpha value is -2.42. The molecular formula is C18H24N4O4S. The van der Waals surface area contributed by atoms with E-state index in [1.165, 1.54) is 23.9 Å². The Morgan fingerprint density at radius 1 is 1.15 bits per heavy atom. The van der Waals surface area contributed by atoms with E-state index >= 15 is 0 Å². The van der Waals surface area contributed by atoms with Gasteiger partial charge in [-0.1, -0.05) is 38.5 Å². The number of carbonyl (C=O) groups is 1. The highest BCUT2D eigenvalue weighted by Gasteiger charge is 2.16. The summed E-state index contributed by atoms with van der Waals surface area (Å²) >= 11 is 1.21. The number of amides is 1. The fourth-order valence-corrected chi connectivity index (χ4v) is 3.05. The molecule has 27 heavy (non-hydrogen) atoms. The van der Waals surface area contributed by atoms with Gasteiger partial charge in [0.05, 0.1) is 10.7 Å². The van der Waals surface area contributed by atoms with Crippen LogP contribution in [0.25, 0.3) is 11.5 Å². The van der Waals surface area contributed by atoms with E-state index < -0.39 is 4.92 Å². The molecule has 0 N–H and O–H groups in total. The standard InChI is InChI=1S/C18H24N4O4S/c1-3-5-11-21(12-6-4-2)16(23)13-27-18-20-19-17(26-18)14-7-9-15(10-8-14)22(24)25/h7-10H,3-6,11-13H2,1-2H3. The second-order valence-corrected chi connectivity index (χ2v) is 6.98. The summed E-state index contributed by atoms with van der Waals surface area (Å²) in [5.74, 6) is 0.584. The summed E-state index contributed by atoms with van der Waals surface area (Å²) in [5.41, 5.74) is 0.594. The molecule has 2 aromatic rings. The Kier molecular flexibility index (Phi) is 8.25. The fraction of sp³-hybridized carbons (Fsp3) is 0.500. The molecule has 0 spiro atoms. The van der Waals surface area contributed by atoms with Crippen LogP contribution in [0.15, 0.2) is 33.9 Å². The van der Waals surface area contributed by atoms with Gasteiger partial charge < -0.3 is 9.32 Å². The van der Waals surface area contributed by atoms with E-state index in [1.54, 1.807) is 12.1 Å². The third-order valence-corrected chi connectivity index (χ3v) is 4.77. The van der Waals surface area contributed by atoms with E-state index in [9.17, 15) is 14.9 Å². The zero-order valence-electron chi connectivity index (χ0n) is 15.6. The molecule has 0 saturated heterocycles. The van der Waals surface area contributed by atoms with E-state index in [-0.39, 0.29) is 23.2 Å². The molecule has 0 radical (unpaired) electrons. The van der Waals surface area contributed by atoms with Crippen molar-refractivity contribution < 1.29 is 14.1 Å². The third kappa shape index (κ3) is 6.35. The Morgan fingerprint density at radius 2 is 1.78 bits per heavy atom. The summed E-state index contributed by atoms with van der Waals surface area (Å²) in [6.07, 6.45) is 4.08. The second kappa shape index (κ2) is 10.7. The Bertz CT molecular complexity index is 740. The van der Waals surface area contributed by atoms with Crippen LogP contribution in [-0.4, -0.2) is 44.8 Å². The Labute approximate surface area is 162 Å². The molecule has 0 fully saturated rings. The molecule has 9 heteroatoms. The average Bonchev–Trinajstić information content (AvgIpc) is 3.15. The molecular weight excluding hydrogens is 368 g/mol. The first-order valence-electron chi connectivity index (χ1n) is 9.04. The van der Waals surface area contributed by atoms with Crippen molar-refractivity contribution in [2.24, 2.45) is 0 Å². The van der Waals surface area contributed by atoms with Gasteiger partial charge in [0.25, 0.3) is 10.9 Å². The highest BCUT2D eigenvalue weighted by atomic mass is 32.2. The molecule has 8 nitrogen and oxygen atoms in total. The highest BCUT2D eigenvalue weighted by Crippen LogP contribution is 2.25. The SMILES string of the molecule is CCCCN(CCCC)C(=O)CSc1nnc(-c2ccc([N+](=O)[O-])cc2)o1. The molecule has 1 aromatic heterocycles. The predicted octanol–water partition coefficient (Wildman–Crippen LogP) is 4.17. The van der Waals surface area contributed by atoms with Gasteiger partial charge in [-0.15, -0.1) is 10.2 Å². The summed E-state index contributed by atoms with van der Waals surface area (Å²) in [7, 11) is 0. The molecule has 0 aliphatic heterocycles. The van der Waals surface area contributed by atoms with E-state index in [1.807, 2.05) is 4.90 Å². The molecule has 0 aliphatic carbocycles. The van der Waals surface area contributed by atoms with Crippen molar-refractivity contribution in [1.82, 2.24) is 15.1 Å². The molecule has 0 bridgehead atoms. The van der Waals surface area contributed by atoms with Crippen molar-refractivity contribution in [3.05, 3.63) is 34.4 Å². The van der Waals surface area contributed by atoms with Gasteiger partial charge in [0.1, 0.15) is 0 Å². The highest BCUT2D eigenvalue weighted by molar-refractivity contribution is 7.99. The van der Waals surface area contributed by atoms with E-state index in [0.717, 1.165) is 38.8 Å². The van der Waals surface area contributed by atoms with Crippen molar-refractivity contribution in [1.29, 1.82) is 0 Å². The molecule has 0 aliphatic rings. The number of rotatable bonds is 11. The summed E-state index contributed by atoms with van der Waals surface area (Å²) < 4.78 is 5.56. The van der Waals surface area contributed by atoms with Gasteiger partial charge in [0.2, 0.25) is 11.8 Å². The first-order chi connectivity index (χ1) is 13.0. The average molecular weight is 392 g/mol. The lowest BCUT2D eigenvalue weighted by atomic mass is 10.2. The van der Waals surface area contributed by atoms with Gasteiger partial charge in [0.15, 0.2) is 0 Å². The smallest absolute Gasteiger partial charge is 0.277 e. The summed E-state index contributed by atoms with van der Waals surface area (Å²) in [4.78, 5) is 24.6. The van der Waals surface area contributed by atoms with Crippen LogP contribution in [-0.2, 0) is 4.79 Å². The summed E-state index contributed by atoms with van der Waals surface area (Å²) in [5, 5.41) is 18.9. The number of aromatic nitrogens is 2. The van der Waals surface area contributed by atoms with Crippen molar-refractivity contribution in [2.45, 2.75) is 44.8 Å². The maximum absolute atomic E-state index is 12.5. The zero-order valence-corrected chi connectivity index (χ0v) is 16.4. The lowest BCUT2D eigenvalue weighted by Gasteiger charge is -2.21. The van der Waals surface area contributed by atoms with Crippen LogP contribution in [0.2, 0.25) is 0 Å². The maximum Gasteiger partial charge on any atom is 0.277 e. The van der Waals surface area contributed by atoms with Crippen molar-refractivity contribution >= 4 is 23.4 Å².